The van der Waals surface area contributed by atoms with Gasteiger partial charge in [-0.15, -0.1) is 0 Å². The highest BCUT2D eigenvalue weighted by atomic mass is 14.9. The van der Waals surface area contributed by atoms with Crippen LogP contribution in [0, 0.1) is 18.3 Å². The third kappa shape index (κ3) is 2.67. The van der Waals surface area contributed by atoms with Crippen LogP contribution in [0.25, 0.3) is 0 Å². The molecule has 1 N–H and O–H groups in total. The quantitative estimate of drug-likeness (QED) is 0.888. The van der Waals surface area contributed by atoms with Gasteiger partial charge < -0.3 is 5.32 Å². The maximum atomic E-state index is 9.23. The molecular weight excluding hydrogens is 244 g/mol. The molecule has 0 spiro atoms. The van der Waals surface area contributed by atoms with Gasteiger partial charge in [0.1, 0.15) is 6.07 Å². The Bertz CT molecular complexity index is 663. The van der Waals surface area contributed by atoms with Crippen LogP contribution in [0.5, 0.6) is 0 Å². The van der Waals surface area contributed by atoms with E-state index in [9.17, 15) is 5.26 Å². The summed E-state index contributed by atoms with van der Waals surface area (Å²) < 4.78 is 0. The number of hydrogen-bond acceptors (Lipinski definition) is 2. The molecule has 0 heterocycles. The van der Waals surface area contributed by atoms with Gasteiger partial charge in [0.2, 0.25) is 0 Å². The van der Waals surface area contributed by atoms with Crippen molar-refractivity contribution in [1.29, 1.82) is 5.26 Å². The topological polar surface area (TPSA) is 35.8 Å². The van der Waals surface area contributed by atoms with E-state index >= 15 is 0 Å². The average molecular weight is 262 g/mol. The van der Waals surface area contributed by atoms with Crippen molar-refractivity contribution in [1.82, 2.24) is 0 Å². The van der Waals surface area contributed by atoms with Crippen LogP contribution in [-0.2, 0) is 6.54 Å². The van der Waals surface area contributed by atoms with E-state index in [1.165, 1.54) is 24.0 Å². The highest BCUT2D eigenvalue weighted by Gasteiger charge is 2.23. The van der Waals surface area contributed by atoms with Gasteiger partial charge in [0, 0.05) is 6.54 Å². The standard InChI is InChI=1S/C18H18N2/c1-13-4-2-7-18(17(13)11-19)20-12-14-5-3-6-16(10-14)15-8-9-15/h2-7,10,15,20H,8-9,12H2,1H3. The molecule has 0 atom stereocenters. The molecule has 0 aliphatic heterocycles. The third-order valence-corrected chi connectivity index (χ3v) is 3.87. The van der Waals surface area contributed by atoms with E-state index in [0.29, 0.717) is 0 Å². The van der Waals surface area contributed by atoms with Crippen LogP contribution in [-0.4, -0.2) is 0 Å². The fourth-order valence-electron chi connectivity index (χ4n) is 2.53. The summed E-state index contributed by atoms with van der Waals surface area (Å²) in [6.45, 7) is 2.73. The molecule has 3 rings (SSSR count). The van der Waals surface area contributed by atoms with E-state index in [1.807, 2.05) is 25.1 Å². The molecule has 2 nitrogen and oxygen atoms in total. The van der Waals surface area contributed by atoms with E-state index in [0.717, 1.165) is 29.3 Å². The molecule has 0 saturated heterocycles. The molecule has 1 saturated carbocycles. The number of rotatable bonds is 4. The molecular formula is C18H18N2. The zero-order valence-electron chi connectivity index (χ0n) is 11.7. The lowest BCUT2D eigenvalue weighted by atomic mass is 10.1. The molecule has 0 amide bonds. The van der Waals surface area contributed by atoms with Crippen molar-refractivity contribution in [2.45, 2.75) is 32.2 Å². The van der Waals surface area contributed by atoms with E-state index in [4.69, 9.17) is 0 Å². The Morgan fingerprint density at radius 1 is 1.20 bits per heavy atom. The molecule has 20 heavy (non-hydrogen) atoms. The molecule has 2 aromatic carbocycles. The van der Waals surface area contributed by atoms with Gasteiger partial charge in [-0.25, -0.2) is 0 Å². The van der Waals surface area contributed by atoms with Crippen LogP contribution in [0.4, 0.5) is 5.69 Å². The predicted octanol–water partition coefficient (Wildman–Crippen LogP) is 4.36. The van der Waals surface area contributed by atoms with E-state index in [-0.39, 0.29) is 0 Å². The van der Waals surface area contributed by atoms with Crippen LogP contribution in [0.1, 0.15) is 41.0 Å². The number of aryl methyl sites for hydroxylation is 1. The summed E-state index contributed by atoms with van der Waals surface area (Å²) in [5.41, 5.74) is 5.41. The first-order valence-electron chi connectivity index (χ1n) is 7.10. The molecule has 2 heteroatoms. The van der Waals surface area contributed by atoms with Crippen LogP contribution < -0.4 is 5.32 Å². The minimum Gasteiger partial charge on any atom is -0.380 e. The summed E-state index contributed by atoms with van der Waals surface area (Å²) in [5.74, 6) is 0.781. The van der Waals surface area contributed by atoms with E-state index < -0.39 is 0 Å². The Kier molecular flexibility index (Phi) is 3.43. The van der Waals surface area contributed by atoms with Gasteiger partial charge in [-0.05, 0) is 48.4 Å². The molecule has 0 unspecified atom stereocenters. The highest BCUT2D eigenvalue weighted by Crippen LogP contribution is 2.40. The highest BCUT2D eigenvalue weighted by molar-refractivity contribution is 5.60. The van der Waals surface area contributed by atoms with Gasteiger partial charge in [0.05, 0.1) is 11.3 Å². The molecule has 2 aromatic rings. The SMILES string of the molecule is Cc1cccc(NCc2cccc(C3CC3)c2)c1C#N. The van der Waals surface area contributed by atoms with Crippen molar-refractivity contribution in [3.63, 3.8) is 0 Å². The summed E-state index contributed by atoms with van der Waals surface area (Å²) >= 11 is 0. The Morgan fingerprint density at radius 3 is 2.75 bits per heavy atom. The van der Waals surface area contributed by atoms with Gasteiger partial charge in [0.25, 0.3) is 0 Å². The number of benzene rings is 2. The third-order valence-electron chi connectivity index (χ3n) is 3.87. The summed E-state index contributed by atoms with van der Waals surface area (Å²) in [6.07, 6.45) is 2.65. The Hall–Kier alpha value is -2.27. The van der Waals surface area contributed by atoms with Gasteiger partial charge in [-0.3, -0.25) is 0 Å². The largest absolute Gasteiger partial charge is 0.380 e. The van der Waals surface area contributed by atoms with Crippen LogP contribution in [0.2, 0.25) is 0 Å². The number of anilines is 1. The fraction of sp³-hybridized carbons (Fsp3) is 0.278. The lowest BCUT2D eigenvalue weighted by molar-refractivity contribution is 1.08. The van der Waals surface area contributed by atoms with Crippen LogP contribution in [0.15, 0.2) is 42.5 Å². The second-order valence-corrected chi connectivity index (χ2v) is 5.48. The Labute approximate surface area is 120 Å². The molecule has 1 aliphatic carbocycles. The second kappa shape index (κ2) is 5.38. The number of nitriles is 1. The second-order valence-electron chi connectivity index (χ2n) is 5.48. The van der Waals surface area contributed by atoms with Crippen LogP contribution >= 0.6 is 0 Å². The molecule has 1 aliphatic rings. The number of nitrogens with one attached hydrogen (secondary N) is 1. The number of hydrogen-bond donors (Lipinski definition) is 1. The predicted molar refractivity (Wildman–Crippen MR) is 81.6 cm³/mol. The maximum absolute atomic E-state index is 9.23. The summed E-state index contributed by atoms with van der Waals surface area (Å²) in [7, 11) is 0. The molecule has 0 aromatic heterocycles. The minimum absolute atomic E-state index is 0.742. The zero-order valence-corrected chi connectivity index (χ0v) is 11.7. The van der Waals surface area contributed by atoms with Gasteiger partial charge in [-0.2, -0.15) is 5.26 Å². The van der Waals surface area contributed by atoms with Crippen molar-refractivity contribution in [2.24, 2.45) is 0 Å². The number of nitrogens with zero attached hydrogens (tertiary/aromatic N) is 1. The van der Waals surface area contributed by atoms with Crippen molar-refractivity contribution < 1.29 is 0 Å². The average Bonchev–Trinajstić information content (AvgIpc) is 3.30. The first kappa shape index (κ1) is 12.7. The molecule has 0 radical (unpaired) electrons. The first-order chi connectivity index (χ1) is 9.78. The van der Waals surface area contributed by atoms with E-state index in [2.05, 4.69) is 35.7 Å². The van der Waals surface area contributed by atoms with Gasteiger partial charge in [0.15, 0.2) is 0 Å². The summed E-state index contributed by atoms with van der Waals surface area (Å²) in [6, 6.07) is 17.0. The van der Waals surface area contributed by atoms with Crippen molar-refractivity contribution in [3.8, 4) is 6.07 Å². The van der Waals surface area contributed by atoms with Crippen molar-refractivity contribution in [2.75, 3.05) is 5.32 Å². The normalized spacial score (nSPS) is 13.8. The minimum atomic E-state index is 0.742. The van der Waals surface area contributed by atoms with Gasteiger partial charge in [-0.1, -0.05) is 36.4 Å². The monoisotopic (exact) mass is 262 g/mol. The van der Waals surface area contributed by atoms with E-state index in [1.54, 1.807) is 0 Å². The van der Waals surface area contributed by atoms with Gasteiger partial charge >= 0.3 is 0 Å². The summed E-state index contributed by atoms with van der Waals surface area (Å²) in [5, 5.41) is 12.6. The smallest absolute Gasteiger partial charge is 0.102 e. The fourth-order valence-corrected chi connectivity index (χ4v) is 2.53. The lowest BCUT2D eigenvalue weighted by Crippen LogP contribution is -2.02. The van der Waals surface area contributed by atoms with Crippen molar-refractivity contribution >= 4 is 5.69 Å². The first-order valence-corrected chi connectivity index (χ1v) is 7.10. The van der Waals surface area contributed by atoms with Crippen molar-refractivity contribution in [3.05, 3.63) is 64.7 Å². The molecule has 1 fully saturated rings. The Balaban J connectivity index is 1.75. The maximum Gasteiger partial charge on any atom is 0.102 e. The Morgan fingerprint density at radius 2 is 2.00 bits per heavy atom. The lowest BCUT2D eigenvalue weighted by Gasteiger charge is -2.10. The molecule has 0 bridgehead atoms. The zero-order chi connectivity index (χ0) is 13.9. The van der Waals surface area contributed by atoms with Crippen LogP contribution in [0.3, 0.4) is 0 Å². The molecule has 100 valence electrons. The summed E-state index contributed by atoms with van der Waals surface area (Å²) in [4.78, 5) is 0.